The number of pyridine rings is 1. The summed E-state index contributed by atoms with van der Waals surface area (Å²) in [5.41, 5.74) is 6.21. The molecule has 82 valence electrons. The van der Waals surface area contributed by atoms with Gasteiger partial charge in [0.2, 0.25) is 0 Å². The number of anilines is 1. The monoisotopic (exact) mass is 235 g/mol. The van der Waals surface area contributed by atoms with Crippen molar-refractivity contribution in [3.8, 4) is 0 Å². The highest BCUT2D eigenvalue weighted by Crippen LogP contribution is 2.08. The number of carbonyl (C=O) groups is 1. The molecule has 2 N–H and O–H groups in total. The molecule has 0 radical (unpaired) electrons. The van der Waals surface area contributed by atoms with E-state index in [1.54, 1.807) is 12.3 Å². The fourth-order valence-corrected chi connectivity index (χ4v) is 1.58. The number of hydrogen-bond acceptors (Lipinski definition) is 6. The minimum absolute atomic E-state index is 0.169. The lowest BCUT2D eigenvalue weighted by molar-refractivity contribution is 0.0465. The van der Waals surface area contributed by atoms with Crippen LogP contribution in [0.25, 0.3) is 0 Å². The Hall–Kier alpha value is -1.95. The molecule has 0 aliphatic rings. The molecule has 0 amide bonds. The molecule has 6 heteroatoms. The number of esters is 1. The minimum atomic E-state index is -0.477. The molecule has 5 nitrogen and oxygen atoms in total. The van der Waals surface area contributed by atoms with E-state index >= 15 is 0 Å². The van der Waals surface area contributed by atoms with E-state index in [4.69, 9.17) is 10.5 Å². The van der Waals surface area contributed by atoms with Gasteiger partial charge in [-0.25, -0.2) is 14.8 Å². The van der Waals surface area contributed by atoms with Gasteiger partial charge in [-0.1, -0.05) is 0 Å². The average molecular weight is 235 g/mol. The van der Waals surface area contributed by atoms with Crippen LogP contribution in [0, 0.1) is 0 Å². The average Bonchev–Trinajstić information content (AvgIpc) is 2.80. The predicted molar refractivity (Wildman–Crippen MR) is 59.9 cm³/mol. The van der Waals surface area contributed by atoms with Crippen LogP contribution in [0.3, 0.4) is 0 Å². The summed E-state index contributed by atoms with van der Waals surface area (Å²) in [4.78, 5) is 19.4. The van der Waals surface area contributed by atoms with Crippen molar-refractivity contribution < 1.29 is 9.53 Å². The van der Waals surface area contributed by atoms with Gasteiger partial charge in [0, 0.05) is 11.6 Å². The van der Waals surface area contributed by atoms with Gasteiger partial charge in [0.25, 0.3) is 0 Å². The molecule has 2 aromatic heterocycles. The number of carbonyl (C=O) groups excluding carboxylic acids is 1. The number of ether oxygens (including phenoxy) is 1. The Kier molecular flexibility index (Phi) is 3.11. The van der Waals surface area contributed by atoms with Crippen molar-refractivity contribution in [2.75, 3.05) is 5.73 Å². The van der Waals surface area contributed by atoms with Crippen molar-refractivity contribution in [1.82, 2.24) is 9.97 Å². The highest BCUT2D eigenvalue weighted by atomic mass is 32.1. The zero-order valence-corrected chi connectivity index (χ0v) is 9.11. The van der Waals surface area contributed by atoms with E-state index in [1.165, 1.54) is 23.6 Å². The Balaban J connectivity index is 1.95. The second-order valence-electron chi connectivity index (χ2n) is 2.98. The molecular formula is C10H9N3O2S. The number of nitrogens with two attached hydrogens (primary N) is 1. The van der Waals surface area contributed by atoms with E-state index in [0.717, 1.165) is 5.01 Å². The summed E-state index contributed by atoms with van der Waals surface area (Å²) in [6, 6.07) is 3.13. The van der Waals surface area contributed by atoms with E-state index in [-0.39, 0.29) is 12.3 Å². The largest absolute Gasteiger partial charge is 0.454 e. The van der Waals surface area contributed by atoms with Gasteiger partial charge in [-0.2, -0.15) is 0 Å². The van der Waals surface area contributed by atoms with Gasteiger partial charge in [0.1, 0.15) is 17.3 Å². The summed E-state index contributed by atoms with van der Waals surface area (Å²) in [7, 11) is 0. The van der Waals surface area contributed by atoms with E-state index in [1.807, 2.05) is 5.38 Å². The van der Waals surface area contributed by atoms with Crippen LogP contribution in [0.5, 0.6) is 0 Å². The van der Waals surface area contributed by atoms with E-state index in [0.29, 0.717) is 5.69 Å². The van der Waals surface area contributed by atoms with E-state index in [2.05, 4.69) is 9.97 Å². The molecule has 0 bridgehead atoms. The minimum Gasteiger partial charge on any atom is -0.454 e. The van der Waals surface area contributed by atoms with Crippen molar-refractivity contribution >= 4 is 23.0 Å². The molecule has 0 fully saturated rings. The van der Waals surface area contributed by atoms with Gasteiger partial charge in [-0.3, -0.25) is 0 Å². The van der Waals surface area contributed by atoms with E-state index < -0.39 is 5.97 Å². The summed E-state index contributed by atoms with van der Waals surface area (Å²) < 4.78 is 5.02. The predicted octanol–water partition coefficient (Wildman–Crippen LogP) is 1.48. The summed E-state index contributed by atoms with van der Waals surface area (Å²) >= 11 is 1.43. The Morgan fingerprint density at radius 1 is 1.44 bits per heavy atom. The zero-order valence-electron chi connectivity index (χ0n) is 8.29. The first-order valence-electron chi connectivity index (χ1n) is 4.53. The number of rotatable bonds is 3. The van der Waals surface area contributed by atoms with Gasteiger partial charge in [-0.15, -0.1) is 11.3 Å². The third-order valence-electron chi connectivity index (χ3n) is 1.81. The van der Waals surface area contributed by atoms with Crippen molar-refractivity contribution in [2.24, 2.45) is 0 Å². The fraction of sp³-hybridized carbons (Fsp3) is 0.100. The normalized spacial score (nSPS) is 10.0. The van der Waals surface area contributed by atoms with Crippen LogP contribution >= 0.6 is 11.3 Å². The van der Waals surface area contributed by atoms with Gasteiger partial charge in [0.15, 0.2) is 0 Å². The van der Waals surface area contributed by atoms with Crippen molar-refractivity contribution in [3.05, 3.63) is 40.6 Å². The molecule has 2 rings (SSSR count). The first kappa shape index (κ1) is 10.6. The summed E-state index contributed by atoms with van der Waals surface area (Å²) in [6.07, 6.45) is 3.08. The maximum Gasteiger partial charge on any atom is 0.357 e. The summed E-state index contributed by atoms with van der Waals surface area (Å²) in [5.74, 6) is -0.477. The second kappa shape index (κ2) is 4.71. The zero-order chi connectivity index (χ0) is 11.4. The quantitative estimate of drug-likeness (QED) is 0.815. The molecule has 0 aromatic carbocycles. The summed E-state index contributed by atoms with van der Waals surface area (Å²) in [5, 5.41) is 2.58. The Bertz CT molecular complexity index is 467. The second-order valence-corrected chi connectivity index (χ2v) is 3.96. The van der Waals surface area contributed by atoms with Crippen LogP contribution in [-0.2, 0) is 11.3 Å². The topological polar surface area (TPSA) is 78.1 Å². The van der Waals surface area contributed by atoms with Crippen molar-refractivity contribution in [1.29, 1.82) is 0 Å². The van der Waals surface area contributed by atoms with Gasteiger partial charge < -0.3 is 10.5 Å². The number of thiazole rings is 1. The van der Waals surface area contributed by atoms with Gasteiger partial charge in [0.05, 0.1) is 11.9 Å². The summed E-state index contributed by atoms with van der Waals surface area (Å²) in [6.45, 7) is 0.169. The SMILES string of the molecule is Nc1ccc(C(=O)OCc2nccs2)nc1. The highest BCUT2D eigenvalue weighted by molar-refractivity contribution is 7.09. The van der Waals surface area contributed by atoms with Crippen molar-refractivity contribution in [3.63, 3.8) is 0 Å². The van der Waals surface area contributed by atoms with Crippen LogP contribution in [0.4, 0.5) is 5.69 Å². The molecule has 0 aliphatic heterocycles. The highest BCUT2D eigenvalue weighted by Gasteiger charge is 2.09. The Labute approximate surface area is 95.9 Å². The molecule has 0 saturated carbocycles. The van der Waals surface area contributed by atoms with Crippen molar-refractivity contribution in [2.45, 2.75) is 6.61 Å². The molecule has 0 saturated heterocycles. The number of hydrogen-bond donors (Lipinski definition) is 1. The van der Waals surface area contributed by atoms with Gasteiger partial charge in [-0.05, 0) is 12.1 Å². The number of aromatic nitrogens is 2. The Morgan fingerprint density at radius 2 is 2.31 bits per heavy atom. The van der Waals surface area contributed by atoms with Crippen LogP contribution < -0.4 is 5.73 Å². The van der Waals surface area contributed by atoms with Crippen LogP contribution in [0.2, 0.25) is 0 Å². The molecule has 2 heterocycles. The lowest BCUT2D eigenvalue weighted by Gasteiger charge is -2.01. The standard InChI is InChI=1S/C10H9N3O2S/c11-7-1-2-8(13-5-7)10(14)15-6-9-12-3-4-16-9/h1-5H,6,11H2. The van der Waals surface area contributed by atoms with Crippen LogP contribution in [0.1, 0.15) is 15.5 Å². The first-order valence-corrected chi connectivity index (χ1v) is 5.40. The van der Waals surface area contributed by atoms with Crippen LogP contribution in [0.15, 0.2) is 29.9 Å². The molecule has 2 aromatic rings. The Morgan fingerprint density at radius 3 is 2.94 bits per heavy atom. The first-order chi connectivity index (χ1) is 7.75. The fourth-order valence-electron chi connectivity index (χ4n) is 1.05. The maximum absolute atomic E-state index is 11.5. The molecule has 0 spiro atoms. The molecular weight excluding hydrogens is 226 g/mol. The molecule has 16 heavy (non-hydrogen) atoms. The molecule has 0 unspecified atom stereocenters. The smallest absolute Gasteiger partial charge is 0.357 e. The maximum atomic E-state index is 11.5. The third kappa shape index (κ3) is 2.54. The number of nitrogens with zero attached hydrogens (tertiary/aromatic N) is 2. The molecule has 0 atom stereocenters. The van der Waals surface area contributed by atoms with E-state index in [9.17, 15) is 4.79 Å². The third-order valence-corrected chi connectivity index (χ3v) is 2.56. The van der Waals surface area contributed by atoms with Gasteiger partial charge >= 0.3 is 5.97 Å². The lowest BCUT2D eigenvalue weighted by atomic mass is 10.3. The lowest BCUT2D eigenvalue weighted by Crippen LogP contribution is -2.07. The number of nitrogen functional groups attached to an aromatic ring is 1. The molecule has 0 aliphatic carbocycles. The van der Waals surface area contributed by atoms with Crippen LogP contribution in [-0.4, -0.2) is 15.9 Å².